The second-order valence-corrected chi connectivity index (χ2v) is 6.37. The molecule has 3 rings (SSSR count). The van der Waals surface area contributed by atoms with E-state index in [9.17, 15) is 4.39 Å². The molecule has 1 atom stereocenters. The van der Waals surface area contributed by atoms with Gasteiger partial charge >= 0.3 is 0 Å². The third-order valence-corrected chi connectivity index (χ3v) is 4.89. The number of nitrogen functional groups attached to an aromatic ring is 1. The van der Waals surface area contributed by atoms with Gasteiger partial charge in [-0.1, -0.05) is 13.8 Å². The standard InChI is InChI=1S/C19H26FN5/c1-3-25(4-2)12-10-15-17-16(9-11-22-15)23-19(21)24-18(17)13-5-7-14(20)8-6-13/h5-8,15,22H,3-4,9-12H2,1-2H3,(H2,21,23,24). The largest absolute Gasteiger partial charge is 0.368 e. The monoisotopic (exact) mass is 343 g/mol. The fourth-order valence-electron chi connectivity index (χ4n) is 3.48. The predicted molar refractivity (Wildman–Crippen MR) is 98.7 cm³/mol. The first-order valence-corrected chi connectivity index (χ1v) is 9.00. The maximum absolute atomic E-state index is 13.3. The summed E-state index contributed by atoms with van der Waals surface area (Å²) in [4.78, 5) is 11.4. The highest BCUT2D eigenvalue weighted by Gasteiger charge is 2.26. The number of hydrogen-bond acceptors (Lipinski definition) is 5. The van der Waals surface area contributed by atoms with Crippen LogP contribution in [0.15, 0.2) is 24.3 Å². The lowest BCUT2D eigenvalue weighted by atomic mass is 9.92. The van der Waals surface area contributed by atoms with Gasteiger partial charge in [0.15, 0.2) is 0 Å². The van der Waals surface area contributed by atoms with Crippen molar-refractivity contribution in [1.29, 1.82) is 0 Å². The first kappa shape index (κ1) is 17.8. The lowest BCUT2D eigenvalue weighted by molar-refractivity contribution is 0.279. The summed E-state index contributed by atoms with van der Waals surface area (Å²) in [5.74, 6) is 0.0262. The van der Waals surface area contributed by atoms with Crippen LogP contribution in [0.1, 0.15) is 37.6 Å². The van der Waals surface area contributed by atoms with Crippen molar-refractivity contribution in [2.24, 2.45) is 0 Å². The molecular formula is C19H26FN5. The molecule has 0 aliphatic carbocycles. The lowest BCUT2D eigenvalue weighted by Crippen LogP contribution is -2.35. The minimum Gasteiger partial charge on any atom is -0.368 e. The summed E-state index contributed by atoms with van der Waals surface area (Å²) in [5.41, 5.74) is 9.75. The molecule has 0 spiro atoms. The fourth-order valence-corrected chi connectivity index (χ4v) is 3.48. The van der Waals surface area contributed by atoms with Crippen LogP contribution in [0.3, 0.4) is 0 Å². The molecule has 0 bridgehead atoms. The van der Waals surface area contributed by atoms with Gasteiger partial charge in [0.1, 0.15) is 5.82 Å². The molecule has 2 aromatic rings. The van der Waals surface area contributed by atoms with E-state index in [1.165, 1.54) is 12.1 Å². The number of nitrogens with zero attached hydrogens (tertiary/aromatic N) is 3. The number of nitrogens with two attached hydrogens (primary N) is 1. The molecule has 5 nitrogen and oxygen atoms in total. The highest BCUT2D eigenvalue weighted by atomic mass is 19.1. The molecule has 0 fully saturated rings. The molecule has 0 radical (unpaired) electrons. The van der Waals surface area contributed by atoms with E-state index in [4.69, 9.17) is 5.73 Å². The summed E-state index contributed by atoms with van der Waals surface area (Å²) in [6.07, 6.45) is 1.81. The first-order valence-electron chi connectivity index (χ1n) is 9.00. The van der Waals surface area contributed by atoms with Crippen LogP contribution in [0.4, 0.5) is 10.3 Å². The number of anilines is 1. The van der Waals surface area contributed by atoms with Gasteiger partial charge in [-0.15, -0.1) is 0 Å². The van der Waals surface area contributed by atoms with E-state index in [0.29, 0.717) is 0 Å². The Hall–Kier alpha value is -2.05. The molecule has 0 amide bonds. The third-order valence-electron chi connectivity index (χ3n) is 4.89. The minimum absolute atomic E-state index is 0.185. The Morgan fingerprint density at radius 1 is 1.20 bits per heavy atom. The maximum atomic E-state index is 13.3. The summed E-state index contributed by atoms with van der Waals surface area (Å²) in [6.45, 7) is 8.34. The Bertz CT molecular complexity index is 712. The Balaban J connectivity index is 1.97. The van der Waals surface area contributed by atoms with Gasteiger partial charge in [-0.25, -0.2) is 14.4 Å². The summed E-state index contributed by atoms with van der Waals surface area (Å²) in [7, 11) is 0. The zero-order valence-electron chi connectivity index (χ0n) is 14.9. The molecule has 1 aliphatic heterocycles. The second kappa shape index (κ2) is 7.89. The van der Waals surface area contributed by atoms with Gasteiger partial charge in [0.05, 0.1) is 11.4 Å². The number of nitrogens with one attached hydrogen (secondary N) is 1. The van der Waals surface area contributed by atoms with E-state index in [0.717, 1.165) is 61.5 Å². The average molecular weight is 343 g/mol. The van der Waals surface area contributed by atoms with Crippen LogP contribution < -0.4 is 11.1 Å². The van der Waals surface area contributed by atoms with Gasteiger partial charge in [-0.05, 0) is 50.3 Å². The normalized spacial score (nSPS) is 16.9. The van der Waals surface area contributed by atoms with Crippen LogP contribution in [-0.2, 0) is 6.42 Å². The Labute approximate surface area is 148 Å². The van der Waals surface area contributed by atoms with Crippen molar-refractivity contribution >= 4 is 5.95 Å². The van der Waals surface area contributed by atoms with Gasteiger partial charge in [0.2, 0.25) is 5.95 Å². The molecule has 2 heterocycles. The molecule has 1 unspecified atom stereocenters. The van der Waals surface area contributed by atoms with Gasteiger partial charge in [-0.3, -0.25) is 0 Å². The number of benzene rings is 1. The lowest BCUT2D eigenvalue weighted by Gasteiger charge is -2.30. The third kappa shape index (κ3) is 3.96. The van der Waals surface area contributed by atoms with E-state index >= 15 is 0 Å². The van der Waals surface area contributed by atoms with E-state index in [1.807, 2.05) is 0 Å². The molecule has 134 valence electrons. The van der Waals surface area contributed by atoms with Gasteiger partial charge in [-0.2, -0.15) is 0 Å². The maximum Gasteiger partial charge on any atom is 0.220 e. The van der Waals surface area contributed by atoms with Crippen molar-refractivity contribution in [3.05, 3.63) is 41.3 Å². The molecule has 0 saturated heterocycles. The zero-order chi connectivity index (χ0) is 17.8. The van der Waals surface area contributed by atoms with Crippen LogP contribution in [-0.4, -0.2) is 41.0 Å². The zero-order valence-corrected chi connectivity index (χ0v) is 14.9. The summed E-state index contributed by atoms with van der Waals surface area (Å²) < 4.78 is 13.3. The van der Waals surface area contributed by atoms with Crippen molar-refractivity contribution < 1.29 is 4.39 Å². The molecule has 1 aliphatic rings. The second-order valence-electron chi connectivity index (χ2n) is 6.37. The molecular weight excluding hydrogens is 317 g/mol. The van der Waals surface area contributed by atoms with Crippen molar-refractivity contribution in [3.63, 3.8) is 0 Å². The highest BCUT2D eigenvalue weighted by Crippen LogP contribution is 2.33. The number of halogens is 1. The van der Waals surface area contributed by atoms with Gasteiger partial charge in [0.25, 0.3) is 0 Å². The molecule has 1 aromatic heterocycles. The molecule has 0 saturated carbocycles. The van der Waals surface area contributed by atoms with Gasteiger partial charge in [0, 0.05) is 30.1 Å². The summed E-state index contributed by atoms with van der Waals surface area (Å²) in [6, 6.07) is 6.62. The van der Waals surface area contributed by atoms with Crippen LogP contribution in [0.25, 0.3) is 11.3 Å². The molecule has 3 N–H and O–H groups in total. The number of rotatable bonds is 6. The van der Waals surface area contributed by atoms with Crippen molar-refractivity contribution in [2.45, 2.75) is 32.7 Å². The molecule has 1 aromatic carbocycles. The first-order chi connectivity index (χ1) is 12.1. The van der Waals surface area contributed by atoms with Crippen molar-refractivity contribution in [1.82, 2.24) is 20.2 Å². The number of aromatic nitrogens is 2. The quantitative estimate of drug-likeness (QED) is 0.844. The Morgan fingerprint density at radius 3 is 2.60 bits per heavy atom. The van der Waals surface area contributed by atoms with E-state index in [-0.39, 0.29) is 17.8 Å². The Kier molecular flexibility index (Phi) is 5.60. The topological polar surface area (TPSA) is 67.1 Å². The van der Waals surface area contributed by atoms with E-state index in [2.05, 4.69) is 34.0 Å². The van der Waals surface area contributed by atoms with Gasteiger partial charge < -0.3 is 16.0 Å². The number of fused-ring (bicyclic) bond motifs is 1. The smallest absolute Gasteiger partial charge is 0.220 e. The fraction of sp³-hybridized carbons (Fsp3) is 0.474. The SMILES string of the molecule is CCN(CC)CCC1NCCc2nc(N)nc(-c3ccc(F)cc3)c21. The van der Waals surface area contributed by atoms with E-state index < -0.39 is 0 Å². The summed E-state index contributed by atoms with van der Waals surface area (Å²) >= 11 is 0. The highest BCUT2D eigenvalue weighted by molar-refractivity contribution is 5.66. The molecule has 6 heteroatoms. The number of hydrogen-bond donors (Lipinski definition) is 2. The van der Waals surface area contributed by atoms with Crippen LogP contribution in [0.2, 0.25) is 0 Å². The van der Waals surface area contributed by atoms with Crippen molar-refractivity contribution in [2.75, 3.05) is 31.9 Å². The van der Waals surface area contributed by atoms with E-state index in [1.54, 1.807) is 12.1 Å². The average Bonchev–Trinajstić information content (AvgIpc) is 2.62. The van der Waals surface area contributed by atoms with Crippen molar-refractivity contribution in [3.8, 4) is 11.3 Å². The minimum atomic E-state index is -0.254. The van der Waals surface area contributed by atoms with Crippen LogP contribution in [0, 0.1) is 5.82 Å². The van der Waals surface area contributed by atoms with Crippen LogP contribution >= 0.6 is 0 Å². The predicted octanol–water partition coefficient (Wildman–Crippen LogP) is 2.78. The Morgan fingerprint density at radius 2 is 1.92 bits per heavy atom. The molecule has 25 heavy (non-hydrogen) atoms. The summed E-state index contributed by atoms with van der Waals surface area (Å²) in [5, 5.41) is 3.60. The van der Waals surface area contributed by atoms with Crippen LogP contribution in [0.5, 0.6) is 0 Å².